The molecule has 1 saturated carbocycles. The van der Waals surface area contributed by atoms with Gasteiger partial charge in [-0.05, 0) is 12.8 Å². The van der Waals surface area contributed by atoms with Gasteiger partial charge in [0.15, 0.2) is 0 Å². The summed E-state index contributed by atoms with van der Waals surface area (Å²) in [6, 6.07) is 6.54. The van der Waals surface area contributed by atoms with E-state index < -0.39 is 4.92 Å². The topological polar surface area (TPSA) is 60.2 Å². The molecule has 0 unspecified atom stereocenters. The number of benzene rings is 1. The van der Waals surface area contributed by atoms with E-state index in [1.54, 1.807) is 18.2 Å². The lowest BCUT2D eigenvalue weighted by molar-refractivity contribution is -0.385. The van der Waals surface area contributed by atoms with Gasteiger partial charge in [-0.15, -0.1) is 0 Å². The molecule has 1 aliphatic rings. The maximum absolute atomic E-state index is 12.3. The summed E-state index contributed by atoms with van der Waals surface area (Å²) in [5.74, 6) is 0.263. The second-order valence-electron chi connectivity index (χ2n) is 5.22. The van der Waals surface area contributed by atoms with Gasteiger partial charge < -0.3 is 0 Å². The first-order valence-corrected chi connectivity index (χ1v) is 6.93. The van der Waals surface area contributed by atoms with E-state index in [-0.39, 0.29) is 23.8 Å². The highest BCUT2D eigenvalue weighted by molar-refractivity contribution is 5.84. The van der Waals surface area contributed by atoms with Crippen molar-refractivity contribution >= 4 is 11.5 Å². The Balaban J connectivity index is 2.07. The van der Waals surface area contributed by atoms with Crippen molar-refractivity contribution in [2.75, 3.05) is 0 Å². The molecule has 0 spiro atoms. The number of Topliss-reactive ketones (excluding diaryl/α,β-unsaturated/α-hetero) is 1. The minimum atomic E-state index is -0.407. The molecule has 1 aromatic rings. The average molecular weight is 261 g/mol. The number of ketones is 1. The fourth-order valence-corrected chi connectivity index (χ4v) is 2.77. The van der Waals surface area contributed by atoms with Crippen molar-refractivity contribution in [3.63, 3.8) is 0 Å². The van der Waals surface area contributed by atoms with Crippen LogP contribution in [0.5, 0.6) is 0 Å². The minimum absolute atomic E-state index is 0.0597. The van der Waals surface area contributed by atoms with Crippen molar-refractivity contribution in [3.8, 4) is 0 Å². The quantitative estimate of drug-likeness (QED) is 0.472. The molecule has 0 aliphatic heterocycles. The lowest BCUT2D eigenvalue weighted by Gasteiger charge is -2.12. The Kier molecular flexibility index (Phi) is 4.66. The third-order valence-electron chi connectivity index (χ3n) is 3.86. The number of hydrogen-bond acceptors (Lipinski definition) is 3. The zero-order valence-electron chi connectivity index (χ0n) is 11.0. The van der Waals surface area contributed by atoms with E-state index in [0.717, 1.165) is 25.7 Å². The van der Waals surface area contributed by atoms with Crippen LogP contribution in [0.4, 0.5) is 5.69 Å². The molecule has 102 valence electrons. The molecule has 4 heteroatoms. The number of carbonyl (C=O) groups is 1. The third-order valence-corrected chi connectivity index (χ3v) is 3.86. The molecule has 2 rings (SSSR count). The number of nitro groups is 1. The molecule has 1 aliphatic carbocycles. The zero-order valence-corrected chi connectivity index (χ0v) is 11.0. The van der Waals surface area contributed by atoms with Gasteiger partial charge >= 0.3 is 0 Å². The largest absolute Gasteiger partial charge is 0.299 e. The van der Waals surface area contributed by atoms with Gasteiger partial charge in [0.05, 0.1) is 4.92 Å². The molecule has 0 aromatic heterocycles. The molecular formula is C15H19NO3. The molecule has 0 N–H and O–H groups in total. The highest BCUT2D eigenvalue weighted by atomic mass is 16.6. The summed E-state index contributed by atoms with van der Waals surface area (Å²) in [6.45, 7) is 0. The van der Waals surface area contributed by atoms with E-state index >= 15 is 0 Å². The summed E-state index contributed by atoms with van der Waals surface area (Å²) < 4.78 is 0. The molecule has 19 heavy (non-hydrogen) atoms. The van der Waals surface area contributed by atoms with Crippen LogP contribution in [-0.2, 0) is 11.2 Å². The van der Waals surface area contributed by atoms with Crippen LogP contribution in [0.3, 0.4) is 0 Å². The molecule has 1 fully saturated rings. The Hall–Kier alpha value is -1.71. The van der Waals surface area contributed by atoms with Gasteiger partial charge in [-0.1, -0.05) is 43.9 Å². The van der Waals surface area contributed by atoms with Crippen LogP contribution in [0.25, 0.3) is 0 Å². The average Bonchev–Trinajstić information content (AvgIpc) is 2.68. The Bertz CT molecular complexity index is 462. The van der Waals surface area contributed by atoms with Gasteiger partial charge in [0.1, 0.15) is 5.78 Å². The smallest absolute Gasteiger partial charge is 0.273 e. The van der Waals surface area contributed by atoms with Gasteiger partial charge in [-0.25, -0.2) is 0 Å². The minimum Gasteiger partial charge on any atom is -0.299 e. The number of nitrogens with zero attached hydrogens (tertiary/aromatic N) is 1. The molecule has 0 amide bonds. The van der Waals surface area contributed by atoms with Crippen LogP contribution in [0.1, 0.15) is 44.1 Å². The summed E-state index contributed by atoms with van der Waals surface area (Å²) in [5.41, 5.74) is 0.603. The van der Waals surface area contributed by atoms with E-state index in [1.165, 1.54) is 18.9 Å². The van der Waals surface area contributed by atoms with E-state index in [4.69, 9.17) is 0 Å². The predicted octanol–water partition coefficient (Wildman–Crippen LogP) is 3.68. The lowest BCUT2D eigenvalue weighted by atomic mass is 9.91. The standard InChI is InChI=1S/C15H19NO3/c17-15(12-7-3-1-2-4-8-12)11-13-9-5-6-10-14(13)16(18)19/h5-6,9-10,12H,1-4,7-8,11H2. The van der Waals surface area contributed by atoms with Crippen molar-refractivity contribution in [2.45, 2.75) is 44.9 Å². The molecular weight excluding hydrogens is 242 g/mol. The Labute approximate surface area is 113 Å². The summed E-state index contributed by atoms with van der Waals surface area (Å²) in [6.07, 6.45) is 6.70. The molecule has 0 bridgehead atoms. The van der Waals surface area contributed by atoms with Gasteiger partial charge in [0.25, 0.3) is 5.69 Å². The summed E-state index contributed by atoms with van der Waals surface area (Å²) in [4.78, 5) is 22.8. The SMILES string of the molecule is O=C(Cc1ccccc1[N+](=O)[O-])C1CCCCCC1. The van der Waals surface area contributed by atoms with Gasteiger partial charge in [-0.3, -0.25) is 14.9 Å². The van der Waals surface area contributed by atoms with Gasteiger partial charge in [0, 0.05) is 24.0 Å². The molecule has 4 nitrogen and oxygen atoms in total. The van der Waals surface area contributed by atoms with E-state index in [9.17, 15) is 14.9 Å². The highest BCUT2D eigenvalue weighted by Gasteiger charge is 2.23. The summed E-state index contributed by atoms with van der Waals surface area (Å²) in [7, 11) is 0. The Morgan fingerprint density at radius 1 is 1.16 bits per heavy atom. The van der Waals surface area contributed by atoms with Crippen LogP contribution in [-0.4, -0.2) is 10.7 Å². The first-order chi connectivity index (χ1) is 9.18. The molecule has 0 heterocycles. The number of carbonyl (C=O) groups excluding carboxylic acids is 1. The molecule has 1 aromatic carbocycles. The van der Waals surface area contributed by atoms with Crippen LogP contribution >= 0.6 is 0 Å². The fraction of sp³-hybridized carbons (Fsp3) is 0.533. The Morgan fingerprint density at radius 3 is 2.42 bits per heavy atom. The normalized spacial score (nSPS) is 16.8. The maximum Gasteiger partial charge on any atom is 0.273 e. The zero-order chi connectivity index (χ0) is 13.7. The lowest BCUT2D eigenvalue weighted by Crippen LogP contribution is -2.16. The monoisotopic (exact) mass is 261 g/mol. The van der Waals surface area contributed by atoms with Crippen molar-refractivity contribution in [1.82, 2.24) is 0 Å². The van der Waals surface area contributed by atoms with Crippen molar-refractivity contribution in [3.05, 3.63) is 39.9 Å². The number of nitro benzene ring substituents is 1. The Morgan fingerprint density at radius 2 is 1.79 bits per heavy atom. The predicted molar refractivity (Wildman–Crippen MR) is 73.0 cm³/mol. The van der Waals surface area contributed by atoms with Crippen molar-refractivity contribution in [1.29, 1.82) is 0 Å². The number of hydrogen-bond donors (Lipinski definition) is 0. The van der Waals surface area contributed by atoms with E-state index in [2.05, 4.69) is 0 Å². The van der Waals surface area contributed by atoms with Crippen LogP contribution in [0.2, 0.25) is 0 Å². The van der Waals surface area contributed by atoms with Crippen molar-refractivity contribution < 1.29 is 9.72 Å². The molecule has 0 saturated heterocycles. The molecule has 0 atom stereocenters. The number of para-hydroxylation sites is 1. The van der Waals surface area contributed by atoms with E-state index in [1.807, 2.05) is 0 Å². The van der Waals surface area contributed by atoms with Gasteiger partial charge in [0.2, 0.25) is 0 Å². The second-order valence-corrected chi connectivity index (χ2v) is 5.22. The number of rotatable bonds is 4. The van der Waals surface area contributed by atoms with Crippen LogP contribution < -0.4 is 0 Å². The van der Waals surface area contributed by atoms with Crippen LogP contribution in [0, 0.1) is 16.0 Å². The summed E-state index contributed by atoms with van der Waals surface area (Å²) in [5, 5.41) is 10.9. The van der Waals surface area contributed by atoms with Crippen molar-refractivity contribution in [2.24, 2.45) is 5.92 Å². The maximum atomic E-state index is 12.3. The van der Waals surface area contributed by atoms with E-state index in [0.29, 0.717) is 5.56 Å². The van der Waals surface area contributed by atoms with Gasteiger partial charge in [-0.2, -0.15) is 0 Å². The second kappa shape index (κ2) is 6.45. The summed E-state index contributed by atoms with van der Waals surface area (Å²) >= 11 is 0. The van der Waals surface area contributed by atoms with Crippen LogP contribution in [0.15, 0.2) is 24.3 Å². The first kappa shape index (κ1) is 13.7. The fourth-order valence-electron chi connectivity index (χ4n) is 2.77. The first-order valence-electron chi connectivity index (χ1n) is 6.93. The molecule has 0 radical (unpaired) electrons. The third kappa shape index (κ3) is 3.63. The highest BCUT2D eigenvalue weighted by Crippen LogP contribution is 2.26.